The zero-order valence-corrected chi connectivity index (χ0v) is 19.6. The fraction of sp³-hybridized carbons (Fsp3) is 0.583. The summed E-state index contributed by atoms with van der Waals surface area (Å²) in [7, 11) is 3.71. The Morgan fingerprint density at radius 1 is 1.00 bits per heavy atom. The number of fused-ring (bicyclic) bond motifs is 2. The Kier molecular flexibility index (Phi) is 5.60. The highest BCUT2D eigenvalue weighted by Gasteiger charge is 2.56. The molecule has 3 aliphatic carbocycles. The molecule has 28 heavy (non-hydrogen) atoms. The SMILES string of the molecule is COc1cc(OC)c([C@H]2C[C@H]3C[C@@H](/C2=C\C#C[Si](C)(C)C)C3(C)C)c(OC)c1. The second-order valence-electron chi connectivity index (χ2n) is 9.70. The maximum atomic E-state index is 5.78. The molecule has 0 radical (unpaired) electrons. The van der Waals surface area contributed by atoms with E-state index in [1.54, 1.807) is 21.3 Å². The van der Waals surface area contributed by atoms with Crippen molar-refractivity contribution in [1.82, 2.24) is 0 Å². The number of hydrogen-bond acceptors (Lipinski definition) is 3. The van der Waals surface area contributed by atoms with Gasteiger partial charge < -0.3 is 14.2 Å². The van der Waals surface area contributed by atoms with Crippen molar-refractivity contribution in [3.05, 3.63) is 29.3 Å². The van der Waals surface area contributed by atoms with Gasteiger partial charge in [0, 0.05) is 23.6 Å². The molecule has 3 nitrogen and oxygen atoms in total. The largest absolute Gasteiger partial charge is 0.496 e. The van der Waals surface area contributed by atoms with Gasteiger partial charge in [-0.25, -0.2) is 0 Å². The molecule has 152 valence electrons. The van der Waals surface area contributed by atoms with Crippen molar-refractivity contribution in [1.29, 1.82) is 0 Å². The summed E-state index contributed by atoms with van der Waals surface area (Å²) >= 11 is 0. The van der Waals surface area contributed by atoms with Gasteiger partial charge >= 0.3 is 0 Å². The van der Waals surface area contributed by atoms with Gasteiger partial charge in [0.05, 0.1) is 21.3 Å². The van der Waals surface area contributed by atoms with Crippen molar-refractivity contribution in [2.24, 2.45) is 17.3 Å². The summed E-state index contributed by atoms with van der Waals surface area (Å²) in [6, 6.07) is 3.93. The third kappa shape index (κ3) is 3.69. The lowest BCUT2D eigenvalue weighted by Crippen LogP contribution is -2.51. The van der Waals surface area contributed by atoms with Crippen LogP contribution in [0.15, 0.2) is 23.8 Å². The molecule has 0 N–H and O–H groups in total. The van der Waals surface area contributed by atoms with Crippen molar-refractivity contribution < 1.29 is 14.2 Å². The second-order valence-corrected chi connectivity index (χ2v) is 14.5. The first-order chi connectivity index (χ1) is 13.1. The minimum absolute atomic E-state index is 0.281. The van der Waals surface area contributed by atoms with E-state index in [-0.39, 0.29) is 5.92 Å². The standard InChI is InChI=1S/C24H34O3Si/c1-24(2)16-12-19(18(20(24)13-16)10-9-11-28(6,7)8)23-21(26-4)14-17(25-3)15-22(23)27-5/h10,14-16,19-20H,12-13H2,1-8H3/b18-10-/t16-,19-,20-/m0/s1. The van der Waals surface area contributed by atoms with E-state index in [1.165, 1.54) is 12.0 Å². The summed E-state index contributed by atoms with van der Waals surface area (Å²) in [6.45, 7) is 11.7. The lowest BCUT2D eigenvalue weighted by atomic mass is 9.44. The average Bonchev–Trinajstić information content (AvgIpc) is 2.65. The first-order valence-electron chi connectivity index (χ1n) is 10.1. The van der Waals surface area contributed by atoms with Gasteiger partial charge in [-0.15, -0.1) is 5.54 Å². The lowest BCUT2D eigenvalue weighted by molar-refractivity contribution is -0.0356. The van der Waals surface area contributed by atoms with E-state index in [4.69, 9.17) is 14.2 Å². The van der Waals surface area contributed by atoms with Gasteiger partial charge in [0.2, 0.25) is 0 Å². The maximum Gasteiger partial charge on any atom is 0.130 e. The highest BCUT2D eigenvalue weighted by Crippen LogP contribution is 2.66. The Morgan fingerprint density at radius 3 is 2.07 bits per heavy atom. The van der Waals surface area contributed by atoms with Crippen LogP contribution in [0.25, 0.3) is 0 Å². The Labute approximate surface area is 171 Å². The zero-order valence-electron chi connectivity index (χ0n) is 18.6. The number of allylic oxidation sites excluding steroid dienone is 2. The van der Waals surface area contributed by atoms with Gasteiger partial charge in [-0.3, -0.25) is 0 Å². The van der Waals surface area contributed by atoms with Crippen LogP contribution in [0.1, 0.15) is 38.2 Å². The molecule has 0 spiro atoms. The summed E-state index contributed by atoms with van der Waals surface area (Å²) < 4.78 is 17.0. The summed E-state index contributed by atoms with van der Waals surface area (Å²) in [4.78, 5) is 0. The highest BCUT2D eigenvalue weighted by molar-refractivity contribution is 6.83. The summed E-state index contributed by atoms with van der Waals surface area (Å²) in [5.74, 6) is 7.43. The molecular formula is C24H34O3Si. The monoisotopic (exact) mass is 398 g/mol. The lowest BCUT2D eigenvalue weighted by Gasteiger charge is -2.60. The van der Waals surface area contributed by atoms with E-state index in [0.29, 0.717) is 11.3 Å². The highest BCUT2D eigenvalue weighted by atomic mass is 28.3. The third-order valence-corrected chi connectivity index (χ3v) is 7.48. The third-order valence-electron chi connectivity index (χ3n) is 6.58. The second kappa shape index (κ2) is 7.52. The summed E-state index contributed by atoms with van der Waals surface area (Å²) in [5.41, 5.74) is 6.44. The van der Waals surface area contributed by atoms with Gasteiger partial charge in [-0.1, -0.05) is 45.0 Å². The minimum Gasteiger partial charge on any atom is -0.496 e. The molecule has 3 fully saturated rings. The average molecular weight is 399 g/mol. The molecule has 3 aliphatic rings. The Hall–Kier alpha value is -1.86. The normalized spacial score (nSPS) is 26.7. The van der Waals surface area contributed by atoms with Crippen LogP contribution in [-0.2, 0) is 0 Å². The van der Waals surface area contributed by atoms with Crippen LogP contribution >= 0.6 is 0 Å². The summed E-state index contributed by atoms with van der Waals surface area (Å²) in [6.07, 6.45) is 4.60. The Morgan fingerprint density at radius 2 is 1.61 bits per heavy atom. The molecule has 0 aliphatic heterocycles. The quantitative estimate of drug-likeness (QED) is 0.483. The molecule has 3 atom stereocenters. The predicted octanol–water partition coefficient (Wildman–Crippen LogP) is 5.67. The first kappa shape index (κ1) is 20.9. The number of hydrogen-bond donors (Lipinski definition) is 0. The Bertz CT molecular complexity index is 811. The van der Waals surface area contributed by atoms with Crippen LogP contribution in [0.4, 0.5) is 0 Å². The summed E-state index contributed by atoms with van der Waals surface area (Å²) in [5, 5.41) is 0. The molecule has 2 bridgehead atoms. The number of methoxy groups -OCH3 is 3. The van der Waals surface area contributed by atoms with E-state index in [9.17, 15) is 0 Å². The van der Waals surface area contributed by atoms with Crippen molar-refractivity contribution in [3.63, 3.8) is 0 Å². The molecule has 1 aromatic rings. The minimum atomic E-state index is -1.41. The van der Waals surface area contributed by atoms with Crippen molar-refractivity contribution >= 4 is 8.07 Å². The molecule has 0 aromatic heterocycles. The molecule has 1 aromatic carbocycles. The van der Waals surface area contributed by atoms with Crippen LogP contribution in [0.5, 0.6) is 17.2 Å². The Balaban J connectivity index is 2.12. The number of benzene rings is 1. The molecule has 0 saturated heterocycles. The van der Waals surface area contributed by atoms with Gasteiger partial charge in [-0.2, -0.15) is 0 Å². The topological polar surface area (TPSA) is 27.7 Å². The van der Waals surface area contributed by atoms with E-state index in [0.717, 1.165) is 35.2 Å². The molecule has 0 amide bonds. The molecule has 4 rings (SSSR count). The predicted molar refractivity (Wildman–Crippen MR) is 118 cm³/mol. The molecule has 0 unspecified atom stereocenters. The van der Waals surface area contributed by atoms with Crippen LogP contribution in [0, 0.1) is 28.7 Å². The van der Waals surface area contributed by atoms with Gasteiger partial charge in [0.15, 0.2) is 0 Å². The van der Waals surface area contributed by atoms with Crippen LogP contribution in [-0.4, -0.2) is 29.4 Å². The molecular weight excluding hydrogens is 364 g/mol. The van der Waals surface area contributed by atoms with Crippen LogP contribution < -0.4 is 14.2 Å². The van der Waals surface area contributed by atoms with E-state index < -0.39 is 8.07 Å². The molecule has 4 heteroatoms. The van der Waals surface area contributed by atoms with E-state index in [2.05, 4.69) is 51.0 Å². The van der Waals surface area contributed by atoms with Crippen molar-refractivity contribution in [3.8, 4) is 28.7 Å². The van der Waals surface area contributed by atoms with Gasteiger partial charge in [0.25, 0.3) is 0 Å². The van der Waals surface area contributed by atoms with Gasteiger partial charge in [0.1, 0.15) is 25.3 Å². The van der Waals surface area contributed by atoms with Crippen molar-refractivity contribution in [2.45, 2.75) is 52.2 Å². The number of rotatable bonds is 4. The number of ether oxygens (including phenoxy) is 3. The molecule has 3 saturated carbocycles. The fourth-order valence-electron chi connectivity index (χ4n) is 4.84. The van der Waals surface area contributed by atoms with Crippen molar-refractivity contribution in [2.75, 3.05) is 21.3 Å². The molecule has 0 heterocycles. The van der Waals surface area contributed by atoms with Crippen LogP contribution in [0.2, 0.25) is 19.6 Å². The van der Waals surface area contributed by atoms with E-state index >= 15 is 0 Å². The smallest absolute Gasteiger partial charge is 0.130 e. The van der Waals surface area contributed by atoms with E-state index in [1.807, 2.05) is 12.1 Å². The first-order valence-corrected chi connectivity index (χ1v) is 13.6. The fourth-order valence-corrected chi connectivity index (χ4v) is 5.35. The maximum absolute atomic E-state index is 5.78. The van der Waals surface area contributed by atoms with Gasteiger partial charge in [-0.05, 0) is 36.2 Å². The van der Waals surface area contributed by atoms with Crippen LogP contribution in [0.3, 0.4) is 0 Å². The zero-order chi connectivity index (χ0) is 20.7.